The third-order valence-corrected chi connectivity index (χ3v) is 3.60. The maximum atomic E-state index is 11.3. The maximum Gasteiger partial charge on any atom is 0.322 e. The SMILES string of the molecule is COC(=O)C(C)N1CC2CCC2C1. The smallest absolute Gasteiger partial charge is 0.322 e. The molecule has 13 heavy (non-hydrogen) atoms. The van der Waals surface area contributed by atoms with Crippen LogP contribution in [0.3, 0.4) is 0 Å². The molecule has 0 N–H and O–H groups in total. The van der Waals surface area contributed by atoms with E-state index in [-0.39, 0.29) is 12.0 Å². The average molecular weight is 183 g/mol. The largest absolute Gasteiger partial charge is 0.468 e. The quantitative estimate of drug-likeness (QED) is 0.595. The summed E-state index contributed by atoms with van der Waals surface area (Å²) in [6, 6.07) is -0.0457. The molecule has 1 aliphatic carbocycles. The molecule has 3 unspecified atom stereocenters. The minimum atomic E-state index is -0.0960. The van der Waals surface area contributed by atoms with Crippen molar-refractivity contribution < 1.29 is 9.53 Å². The number of nitrogens with zero attached hydrogens (tertiary/aromatic N) is 1. The van der Waals surface area contributed by atoms with Crippen molar-refractivity contribution in [3.05, 3.63) is 0 Å². The van der Waals surface area contributed by atoms with Crippen LogP contribution >= 0.6 is 0 Å². The van der Waals surface area contributed by atoms with Gasteiger partial charge < -0.3 is 4.74 Å². The number of methoxy groups -OCH3 is 1. The van der Waals surface area contributed by atoms with Gasteiger partial charge in [0.25, 0.3) is 0 Å². The minimum absolute atomic E-state index is 0.0457. The van der Waals surface area contributed by atoms with Crippen LogP contribution in [0.25, 0.3) is 0 Å². The summed E-state index contributed by atoms with van der Waals surface area (Å²) in [5, 5.41) is 0. The van der Waals surface area contributed by atoms with Crippen molar-refractivity contribution in [2.45, 2.75) is 25.8 Å². The topological polar surface area (TPSA) is 29.5 Å². The van der Waals surface area contributed by atoms with Crippen LogP contribution in [0.5, 0.6) is 0 Å². The third kappa shape index (κ3) is 1.46. The van der Waals surface area contributed by atoms with E-state index in [1.165, 1.54) is 20.0 Å². The summed E-state index contributed by atoms with van der Waals surface area (Å²) in [5.41, 5.74) is 0. The van der Waals surface area contributed by atoms with Crippen LogP contribution in [0.4, 0.5) is 0 Å². The normalized spacial score (nSPS) is 34.9. The molecule has 0 amide bonds. The fourth-order valence-corrected chi connectivity index (χ4v) is 2.43. The lowest BCUT2D eigenvalue weighted by Crippen LogP contribution is -2.38. The fraction of sp³-hybridized carbons (Fsp3) is 0.900. The first-order valence-electron chi connectivity index (χ1n) is 5.04. The van der Waals surface area contributed by atoms with E-state index in [9.17, 15) is 4.79 Å². The van der Waals surface area contributed by atoms with Crippen molar-refractivity contribution in [2.75, 3.05) is 20.2 Å². The Morgan fingerprint density at radius 1 is 1.38 bits per heavy atom. The van der Waals surface area contributed by atoms with E-state index in [0.29, 0.717) is 0 Å². The predicted octanol–water partition coefficient (Wildman–Crippen LogP) is 0.890. The highest BCUT2D eigenvalue weighted by Gasteiger charge is 2.41. The number of carbonyl (C=O) groups is 1. The zero-order valence-corrected chi connectivity index (χ0v) is 8.32. The van der Waals surface area contributed by atoms with Gasteiger partial charge in [-0.3, -0.25) is 9.69 Å². The van der Waals surface area contributed by atoms with Crippen LogP contribution in [-0.4, -0.2) is 37.1 Å². The van der Waals surface area contributed by atoms with Crippen LogP contribution < -0.4 is 0 Å². The van der Waals surface area contributed by atoms with Gasteiger partial charge in [0.1, 0.15) is 6.04 Å². The molecule has 3 heteroatoms. The second kappa shape index (κ2) is 3.29. The predicted molar refractivity (Wildman–Crippen MR) is 49.3 cm³/mol. The lowest BCUT2D eigenvalue weighted by Gasteiger charge is -2.28. The highest BCUT2D eigenvalue weighted by atomic mass is 16.5. The second-order valence-corrected chi connectivity index (χ2v) is 4.25. The number of carbonyl (C=O) groups excluding carboxylic acids is 1. The average Bonchev–Trinajstić information content (AvgIpc) is 2.40. The van der Waals surface area contributed by atoms with Gasteiger partial charge >= 0.3 is 5.97 Å². The van der Waals surface area contributed by atoms with E-state index in [1.807, 2.05) is 6.92 Å². The van der Waals surface area contributed by atoms with Gasteiger partial charge in [-0.2, -0.15) is 0 Å². The molecule has 0 bridgehead atoms. The van der Waals surface area contributed by atoms with Crippen LogP contribution in [0.2, 0.25) is 0 Å². The molecule has 0 aromatic carbocycles. The highest BCUT2D eigenvalue weighted by molar-refractivity contribution is 5.75. The number of fused-ring (bicyclic) bond motifs is 1. The number of likely N-dealkylation sites (tertiary alicyclic amines) is 1. The summed E-state index contributed by atoms with van der Waals surface area (Å²) in [4.78, 5) is 13.5. The van der Waals surface area contributed by atoms with Gasteiger partial charge in [-0.15, -0.1) is 0 Å². The Kier molecular flexibility index (Phi) is 2.28. The van der Waals surface area contributed by atoms with Gasteiger partial charge in [0.05, 0.1) is 7.11 Å². The maximum absolute atomic E-state index is 11.3. The van der Waals surface area contributed by atoms with E-state index in [1.54, 1.807) is 0 Å². The van der Waals surface area contributed by atoms with E-state index in [2.05, 4.69) is 4.90 Å². The van der Waals surface area contributed by atoms with Gasteiger partial charge in [0, 0.05) is 13.1 Å². The molecule has 1 aliphatic heterocycles. The lowest BCUT2D eigenvalue weighted by molar-refractivity contribution is -0.145. The summed E-state index contributed by atoms with van der Waals surface area (Å²) in [5.74, 6) is 1.64. The third-order valence-electron chi connectivity index (χ3n) is 3.60. The standard InChI is InChI=1S/C10H17NO2/c1-7(10(12)13-2)11-5-8-3-4-9(8)6-11/h7-9H,3-6H2,1-2H3. The summed E-state index contributed by atoms with van der Waals surface area (Å²) >= 11 is 0. The van der Waals surface area contributed by atoms with Gasteiger partial charge in [0.2, 0.25) is 0 Å². The summed E-state index contributed by atoms with van der Waals surface area (Å²) in [7, 11) is 1.46. The van der Waals surface area contributed by atoms with Crippen LogP contribution in [0.15, 0.2) is 0 Å². The Bertz CT molecular complexity index is 205. The number of ether oxygens (including phenoxy) is 1. The molecule has 1 saturated carbocycles. The van der Waals surface area contributed by atoms with Crippen LogP contribution in [-0.2, 0) is 9.53 Å². The Morgan fingerprint density at radius 3 is 2.31 bits per heavy atom. The van der Waals surface area contributed by atoms with Crippen molar-refractivity contribution in [3.8, 4) is 0 Å². The van der Waals surface area contributed by atoms with Crippen molar-refractivity contribution in [1.29, 1.82) is 0 Å². The first-order valence-corrected chi connectivity index (χ1v) is 5.04. The summed E-state index contributed by atoms with van der Waals surface area (Å²) in [6.45, 7) is 4.14. The van der Waals surface area contributed by atoms with E-state index < -0.39 is 0 Å². The van der Waals surface area contributed by atoms with Crippen molar-refractivity contribution in [1.82, 2.24) is 4.90 Å². The Hall–Kier alpha value is -0.570. The fourth-order valence-electron chi connectivity index (χ4n) is 2.43. The molecule has 0 aromatic heterocycles. The monoisotopic (exact) mass is 183 g/mol. The van der Waals surface area contributed by atoms with Gasteiger partial charge in [-0.1, -0.05) is 0 Å². The first kappa shape index (κ1) is 9.00. The molecule has 3 atom stereocenters. The molecule has 2 aliphatic rings. The Morgan fingerprint density at radius 2 is 1.92 bits per heavy atom. The summed E-state index contributed by atoms with van der Waals surface area (Å²) < 4.78 is 4.73. The molecular weight excluding hydrogens is 166 g/mol. The molecule has 0 aromatic rings. The molecule has 2 fully saturated rings. The van der Waals surface area contributed by atoms with E-state index in [0.717, 1.165) is 24.9 Å². The number of hydrogen-bond donors (Lipinski definition) is 0. The number of esters is 1. The number of rotatable bonds is 2. The Balaban J connectivity index is 1.91. The molecule has 0 spiro atoms. The van der Waals surface area contributed by atoms with Gasteiger partial charge in [-0.25, -0.2) is 0 Å². The van der Waals surface area contributed by atoms with Gasteiger partial charge in [-0.05, 0) is 31.6 Å². The van der Waals surface area contributed by atoms with E-state index >= 15 is 0 Å². The zero-order valence-electron chi connectivity index (χ0n) is 8.32. The molecule has 1 heterocycles. The zero-order chi connectivity index (χ0) is 9.42. The molecular formula is C10H17NO2. The van der Waals surface area contributed by atoms with Gasteiger partial charge in [0.15, 0.2) is 0 Å². The number of hydrogen-bond acceptors (Lipinski definition) is 3. The molecule has 0 radical (unpaired) electrons. The Labute approximate surface area is 79.0 Å². The summed E-state index contributed by atoms with van der Waals surface area (Å²) in [6.07, 6.45) is 2.71. The van der Waals surface area contributed by atoms with E-state index in [4.69, 9.17) is 4.74 Å². The molecule has 74 valence electrons. The highest BCUT2D eigenvalue weighted by Crippen LogP contribution is 2.40. The second-order valence-electron chi connectivity index (χ2n) is 4.25. The minimum Gasteiger partial charge on any atom is -0.468 e. The first-order chi connectivity index (χ1) is 6.22. The van der Waals surface area contributed by atoms with Crippen molar-refractivity contribution in [2.24, 2.45) is 11.8 Å². The molecule has 2 rings (SSSR count). The van der Waals surface area contributed by atoms with Crippen LogP contribution in [0, 0.1) is 11.8 Å². The van der Waals surface area contributed by atoms with Crippen LogP contribution in [0.1, 0.15) is 19.8 Å². The van der Waals surface area contributed by atoms with Crippen molar-refractivity contribution >= 4 is 5.97 Å². The molecule has 3 nitrogen and oxygen atoms in total. The lowest BCUT2D eigenvalue weighted by atomic mass is 9.77. The van der Waals surface area contributed by atoms with Crippen molar-refractivity contribution in [3.63, 3.8) is 0 Å². The molecule has 1 saturated heterocycles.